The van der Waals surface area contributed by atoms with E-state index in [0.717, 1.165) is 33.0 Å². The van der Waals surface area contributed by atoms with Gasteiger partial charge >= 0.3 is 0 Å². The first-order valence-corrected chi connectivity index (χ1v) is 8.99. The lowest BCUT2D eigenvalue weighted by molar-refractivity contribution is 0.470. The summed E-state index contributed by atoms with van der Waals surface area (Å²) in [5, 5.41) is 9.47. The van der Waals surface area contributed by atoms with E-state index in [2.05, 4.69) is 31.7 Å². The monoisotopic (exact) mass is 328 g/mol. The molecule has 0 unspecified atom stereocenters. The van der Waals surface area contributed by atoms with E-state index < -0.39 is 0 Å². The van der Waals surface area contributed by atoms with Gasteiger partial charge in [-0.15, -0.1) is 10.2 Å². The van der Waals surface area contributed by atoms with Gasteiger partial charge in [-0.1, -0.05) is 35.2 Å². The highest BCUT2D eigenvalue weighted by molar-refractivity contribution is 7.98. The molecule has 5 nitrogen and oxygen atoms in total. The molecule has 0 radical (unpaired) electrons. The van der Waals surface area contributed by atoms with Crippen molar-refractivity contribution in [3.8, 4) is 0 Å². The SMILES string of the molecule is c1ccc2c(c1)sc1nnc(SCc3cnc(C4CC4)o3)n12. The maximum atomic E-state index is 5.80. The predicted molar refractivity (Wildman–Crippen MR) is 86.4 cm³/mol. The summed E-state index contributed by atoms with van der Waals surface area (Å²) >= 11 is 3.30. The van der Waals surface area contributed by atoms with Gasteiger partial charge in [0.1, 0.15) is 5.76 Å². The second-order valence-electron chi connectivity index (χ2n) is 5.40. The van der Waals surface area contributed by atoms with E-state index in [9.17, 15) is 0 Å². The fourth-order valence-electron chi connectivity index (χ4n) is 2.49. The van der Waals surface area contributed by atoms with Crippen LogP contribution in [0.4, 0.5) is 0 Å². The second-order valence-corrected chi connectivity index (χ2v) is 7.35. The van der Waals surface area contributed by atoms with Crippen molar-refractivity contribution in [2.75, 3.05) is 0 Å². The van der Waals surface area contributed by atoms with E-state index in [1.807, 2.05) is 18.3 Å². The first-order valence-electron chi connectivity index (χ1n) is 7.18. The van der Waals surface area contributed by atoms with E-state index >= 15 is 0 Å². The number of hydrogen-bond donors (Lipinski definition) is 0. The number of oxazole rings is 1. The molecule has 7 heteroatoms. The summed E-state index contributed by atoms with van der Waals surface area (Å²) in [7, 11) is 0. The van der Waals surface area contributed by atoms with E-state index in [4.69, 9.17) is 4.42 Å². The normalized spacial score (nSPS) is 15.1. The fraction of sp³-hybridized carbons (Fsp3) is 0.267. The highest BCUT2D eigenvalue weighted by Crippen LogP contribution is 2.40. The van der Waals surface area contributed by atoms with Crippen molar-refractivity contribution in [1.29, 1.82) is 0 Å². The van der Waals surface area contributed by atoms with Gasteiger partial charge in [0, 0.05) is 5.92 Å². The summed E-state index contributed by atoms with van der Waals surface area (Å²) in [5.41, 5.74) is 1.16. The van der Waals surface area contributed by atoms with Crippen molar-refractivity contribution < 1.29 is 4.42 Å². The van der Waals surface area contributed by atoms with Crippen LogP contribution in [0.15, 0.2) is 40.0 Å². The molecule has 110 valence electrons. The third kappa shape index (κ3) is 2.04. The van der Waals surface area contributed by atoms with Crippen LogP contribution in [0.2, 0.25) is 0 Å². The maximum absolute atomic E-state index is 5.80. The minimum atomic E-state index is 0.555. The van der Waals surface area contributed by atoms with Crippen molar-refractivity contribution in [3.05, 3.63) is 42.1 Å². The number of rotatable bonds is 4. The molecular formula is C15H12N4OS2. The minimum absolute atomic E-state index is 0.555. The molecule has 1 aromatic carbocycles. The topological polar surface area (TPSA) is 56.2 Å². The lowest BCUT2D eigenvalue weighted by Gasteiger charge is -1.97. The molecule has 22 heavy (non-hydrogen) atoms. The first-order chi connectivity index (χ1) is 10.9. The molecule has 0 atom stereocenters. The van der Waals surface area contributed by atoms with Crippen molar-refractivity contribution in [2.24, 2.45) is 0 Å². The van der Waals surface area contributed by atoms with Gasteiger partial charge in [0.2, 0.25) is 4.96 Å². The molecule has 0 bridgehead atoms. The number of fused-ring (bicyclic) bond motifs is 3. The van der Waals surface area contributed by atoms with Gasteiger partial charge in [-0.2, -0.15) is 0 Å². The van der Waals surface area contributed by atoms with Gasteiger partial charge < -0.3 is 4.42 Å². The average molecular weight is 328 g/mol. The molecule has 1 fully saturated rings. The fourth-order valence-corrected chi connectivity index (χ4v) is 4.33. The Labute approximate surface area is 134 Å². The van der Waals surface area contributed by atoms with Crippen LogP contribution in [0.5, 0.6) is 0 Å². The highest BCUT2D eigenvalue weighted by atomic mass is 32.2. The Morgan fingerprint density at radius 2 is 2.18 bits per heavy atom. The van der Waals surface area contributed by atoms with E-state index in [0.29, 0.717) is 5.92 Å². The van der Waals surface area contributed by atoms with Gasteiger partial charge in [0.05, 0.1) is 22.2 Å². The smallest absolute Gasteiger partial charge is 0.217 e. The molecule has 1 aliphatic rings. The van der Waals surface area contributed by atoms with E-state index in [-0.39, 0.29) is 0 Å². The number of thiazole rings is 1. The Morgan fingerprint density at radius 3 is 3.09 bits per heavy atom. The lowest BCUT2D eigenvalue weighted by atomic mass is 10.3. The van der Waals surface area contributed by atoms with E-state index in [1.54, 1.807) is 23.1 Å². The second kappa shape index (κ2) is 4.82. The van der Waals surface area contributed by atoms with Crippen LogP contribution in [-0.4, -0.2) is 19.6 Å². The summed E-state index contributed by atoms with van der Waals surface area (Å²) in [5.74, 6) is 3.08. The van der Waals surface area contributed by atoms with E-state index in [1.165, 1.54) is 17.5 Å². The van der Waals surface area contributed by atoms with Crippen LogP contribution in [0.1, 0.15) is 30.4 Å². The van der Waals surface area contributed by atoms with Crippen LogP contribution >= 0.6 is 23.1 Å². The summed E-state index contributed by atoms with van der Waals surface area (Å²) in [4.78, 5) is 5.29. The van der Waals surface area contributed by atoms with Crippen LogP contribution < -0.4 is 0 Å². The Bertz CT molecular complexity index is 966. The zero-order chi connectivity index (χ0) is 14.5. The summed E-state index contributed by atoms with van der Waals surface area (Å²) in [6.07, 6.45) is 4.25. The van der Waals surface area contributed by atoms with Crippen molar-refractivity contribution >= 4 is 38.3 Å². The Balaban J connectivity index is 1.45. The van der Waals surface area contributed by atoms with Gasteiger partial charge in [0.25, 0.3) is 0 Å². The summed E-state index contributed by atoms with van der Waals surface area (Å²) < 4.78 is 9.14. The molecular weight excluding hydrogens is 316 g/mol. The number of nitrogens with zero attached hydrogens (tertiary/aromatic N) is 4. The van der Waals surface area contributed by atoms with Crippen molar-refractivity contribution in [1.82, 2.24) is 19.6 Å². The molecule has 1 saturated carbocycles. The summed E-state index contributed by atoms with van der Waals surface area (Å²) in [6, 6.07) is 8.31. The zero-order valence-electron chi connectivity index (χ0n) is 11.6. The zero-order valence-corrected chi connectivity index (χ0v) is 13.2. The van der Waals surface area contributed by atoms with Gasteiger partial charge in [-0.05, 0) is 25.0 Å². The van der Waals surface area contributed by atoms with Crippen molar-refractivity contribution in [3.63, 3.8) is 0 Å². The van der Waals surface area contributed by atoms with Crippen LogP contribution in [0.3, 0.4) is 0 Å². The highest BCUT2D eigenvalue weighted by Gasteiger charge is 2.28. The third-order valence-corrected chi connectivity index (χ3v) is 5.72. The Kier molecular flexibility index (Phi) is 2.78. The molecule has 3 heterocycles. The quantitative estimate of drug-likeness (QED) is 0.528. The third-order valence-electron chi connectivity index (χ3n) is 3.75. The maximum Gasteiger partial charge on any atom is 0.217 e. The van der Waals surface area contributed by atoms with Crippen LogP contribution in [-0.2, 0) is 5.75 Å². The van der Waals surface area contributed by atoms with Gasteiger partial charge in [-0.3, -0.25) is 4.40 Å². The largest absolute Gasteiger partial charge is 0.445 e. The van der Waals surface area contributed by atoms with Crippen LogP contribution in [0, 0.1) is 0 Å². The average Bonchev–Trinajstić information content (AvgIpc) is 3.00. The molecule has 0 spiro atoms. The van der Waals surface area contributed by atoms with Crippen molar-refractivity contribution in [2.45, 2.75) is 29.7 Å². The molecule has 5 rings (SSSR count). The number of thioether (sulfide) groups is 1. The molecule has 0 N–H and O–H groups in total. The summed E-state index contributed by atoms with van der Waals surface area (Å²) in [6.45, 7) is 0. The molecule has 0 aliphatic heterocycles. The van der Waals surface area contributed by atoms with Crippen LogP contribution in [0.25, 0.3) is 15.2 Å². The molecule has 0 amide bonds. The Morgan fingerprint density at radius 1 is 1.27 bits per heavy atom. The standard InChI is InChI=1S/C15H12N4OS2/c1-2-4-12-11(3-1)19-14(17-18-15(19)22-12)21-8-10-7-16-13(20-10)9-5-6-9/h1-4,7,9H,5-6,8H2. The number of aromatic nitrogens is 4. The number of benzene rings is 1. The van der Waals surface area contributed by atoms with Gasteiger partial charge in [-0.25, -0.2) is 4.98 Å². The lowest BCUT2D eigenvalue weighted by Crippen LogP contribution is -1.86. The Hall–Kier alpha value is -1.86. The molecule has 3 aromatic heterocycles. The molecule has 1 aliphatic carbocycles. The molecule has 0 saturated heterocycles. The first kappa shape index (κ1) is 12.7. The predicted octanol–water partition coefficient (Wildman–Crippen LogP) is 4.10. The number of para-hydroxylation sites is 1. The molecule has 4 aromatic rings. The van der Waals surface area contributed by atoms with Gasteiger partial charge in [0.15, 0.2) is 11.0 Å². The number of hydrogen-bond acceptors (Lipinski definition) is 6. The minimum Gasteiger partial charge on any atom is -0.445 e.